The van der Waals surface area contributed by atoms with Gasteiger partial charge in [0.25, 0.3) is 0 Å². The maximum absolute atomic E-state index is 12.6. The van der Waals surface area contributed by atoms with Gasteiger partial charge in [-0.05, 0) is 38.0 Å². The second-order valence-corrected chi connectivity index (χ2v) is 6.74. The molecule has 1 aromatic carbocycles. The van der Waals surface area contributed by atoms with Crippen LogP contribution in [0.4, 0.5) is 4.79 Å². The third-order valence-corrected chi connectivity index (χ3v) is 4.88. The number of ether oxygens (including phenoxy) is 1. The van der Waals surface area contributed by atoms with E-state index < -0.39 is 24.0 Å². The minimum Gasteiger partial charge on any atom is -0.481 e. The van der Waals surface area contributed by atoms with Gasteiger partial charge in [0.05, 0.1) is 28.3 Å². The van der Waals surface area contributed by atoms with Crippen molar-refractivity contribution >= 4 is 41.2 Å². The summed E-state index contributed by atoms with van der Waals surface area (Å²) < 4.78 is 5.16. The molecule has 1 atom stereocenters. The molecule has 1 heterocycles. The average Bonchev–Trinajstić information content (AvgIpc) is 2.59. The van der Waals surface area contributed by atoms with Crippen molar-refractivity contribution < 1.29 is 24.2 Å². The summed E-state index contributed by atoms with van der Waals surface area (Å²) in [5.74, 6) is -1.51. The Kier molecular flexibility index (Phi) is 7.10. The number of allylic oxidation sites excluding steroid dienone is 1. The van der Waals surface area contributed by atoms with Gasteiger partial charge < -0.3 is 15.2 Å². The van der Waals surface area contributed by atoms with E-state index in [2.05, 4.69) is 5.32 Å². The van der Waals surface area contributed by atoms with E-state index in [1.54, 1.807) is 32.0 Å². The topological polar surface area (TPSA) is 95.9 Å². The summed E-state index contributed by atoms with van der Waals surface area (Å²) in [5.41, 5.74) is 1.27. The first-order valence-corrected chi connectivity index (χ1v) is 9.14. The van der Waals surface area contributed by atoms with Gasteiger partial charge in [-0.1, -0.05) is 29.3 Å². The summed E-state index contributed by atoms with van der Waals surface area (Å²) in [4.78, 5) is 37.2. The Bertz CT molecular complexity index is 794. The predicted octanol–water partition coefficient (Wildman–Crippen LogP) is 3.76. The van der Waals surface area contributed by atoms with Crippen LogP contribution in [0, 0.1) is 0 Å². The van der Waals surface area contributed by atoms with Gasteiger partial charge in [-0.3, -0.25) is 9.69 Å². The predicted molar refractivity (Wildman–Crippen MR) is 101 cm³/mol. The molecule has 1 aromatic rings. The Balaban J connectivity index is 2.42. The van der Waals surface area contributed by atoms with Crippen molar-refractivity contribution in [2.45, 2.75) is 32.7 Å². The number of aliphatic carboxylic acids is 1. The van der Waals surface area contributed by atoms with Crippen molar-refractivity contribution in [1.82, 2.24) is 10.2 Å². The zero-order valence-corrected chi connectivity index (χ0v) is 16.4. The Labute approximate surface area is 166 Å². The van der Waals surface area contributed by atoms with Crippen LogP contribution < -0.4 is 5.32 Å². The molecule has 0 fully saturated rings. The highest BCUT2D eigenvalue weighted by molar-refractivity contribution is 6.42. The molecule has 0 radical (unpaired) electrons. The number of carbonyl (C=O) groups is 3. The average molecular weight is 415 g/mol. The van der Waals surface area contributed by atoms with Gasteiger partial charge in [-0.2, -0.15) is 0 Å². The van der Waals surface area contributed by atoms with E-state index in [1.165, 1.54) is 4.90 Å². The zero-order valence-electron chi connectivity index (χ0n) is 14.9. The fourth-order valence-electron chi connectivity index (χ4n) is 2.85. The summed E-state index contributed by atoms with van der Waals surface area (Å²) in [5, 5.41) is 12.2. The molecule has 1 aliphatic rings. The SMILES string of the molecule is CCOC(=O)C1=C(C)N(CCCC(=O)O)C(=O)N[C@H]1c1ccc(Cl)c(Cl)c1. The maximum Gasteiger partial charge on any atom is 0.338 e. The number of rotatable bonds is 7. The van der Waals surface area contributed by atoms with E-state index in [9.17, 15) is 14.4 Å². The summed E-state index contributed by atoms with van der Waals surface area (Å²) in [7, 11) is 0. The molecule has 7 nitrogen and oxygen atoms in total. The van der Waals surface area contributed by atoms with Crippen molar-refractivity contribution in [2.75, 3.05) is 13.2 Å². The van der Waals surface area contributed by atoms with Crippen molar-refractivity contribution in [3.63, 3.8) is 0 Å². The molecule has 0 saturated carbocycles. The highest BCUT2D eigenvalue weighted by Gasteiger charge is 2.36. The van der Waals surface area contributed by atoms with Crippen molar-refractivity contribution in [1.29, 1.82) is 0 Å². The lowest BCUT2D eigenvalue weighted by Gasteiger charge is -2.35. The molecular weight excluding hydrogens is 395 g/mol. The summed E-state index contributed by atoms with van der Waals surface area (Å²) in [6.07, 6.45) is 0.176. The Hall–Kier alpha value is -2.25. The second-order valence-electron chi connectivity index (χ2n) is 5.92. The first kappa shape index (κ1) is 21.1. The van der Waals surface area contributed by atoms with Crippen LogP contribution in [0.5, 0.6) is 0 Å². The van der Waals surface area contributed by atoms with Gasteiger partial charge in [0.15, 0.2) is 0 Å². The second kappa shape index (κ2) is 9.10. The molecule has 0 unspecified atom stereocenters. The van der Waals surface area contributed by atoms with E-state index in [1.807, 2.05) is 0 Å². The number of carboxylic acids is 1. The number of nitrogens with zero attached hydrogens (tertiary/aromatic N) is 1. The number of amides is 2. The molecular formula is C18H20Cl2N2O5. The van der Waals surface area contributed by atoms with Gasteiger partial charge in [-0.25, -0.2) is 9.59 Å². The molecule has 0 aliphatic carbocycles. The summed E-state index contributed by atoms with van der Waals surface area (Å²) in [6.45, 7) is 3.67. The zero-order chi connectivity index (χ0) is 20.1. The van der Waals surface area contributed by atoms with Crippen LogP contribution >= 0.6 is 23.2 Å². The van der Waals surface area contributed by atoms with Crippen LogP contribution in [0.1, 0.15) is 38.3 Å². The quantitative estimate of drug-likeness (QED) is 0.662. The van der Waals surface area contributed by atoms with Gasteiger partial charge in [-0.15, -0.1) is 0 Å². The fraction of sp³-hybridized carbons (Fsp3) is 0.389. The lowest BCUT2D eigenvalue weighted by atomic mass is 9.95. The van der Waals surface area contributed by atoms with Crippen LogP contribution in [-0.2, 0) is 14.3 Å². The van der Waals surface area contributed by atoms with Gasteiger partial charge in [0, 0.05) is 18.7 Å². The maximum atomic E-state index is 12.6. The Morgan fingerprint density at radius 1 is 1.30 bits per heavy atom. The number of esters is 1. The number of urea groups is 1. The minimum absolute atomic E-state index is 0.0813. The number of carboxylic acid groups (broad SMARTS) is 1. The highest BCUT2D eigenvalue weighted by Crippen LogP contribution is 2.34. The number of halogens is 2. The molecule has 2 N–H and O–H groups in total. The molecule has 27 heavy (non-hydrogen) atoms. The normalized spacial score (nSPS) is 17.0. The van der Waals surface area contributed by atoms with E-state index in [0.717, 1.165) is 0 Å². The lowest BCUT2D eigenvalue weighted by molar-refractivity contribution is -0.139. The van der Waals surface area contributed by atoms with E-state index >= 15 is 0 Å². The van der Waals surface area contributed by atoms with Crippen LogP contribution in [0.15, 0.2) is 29.5 Å². The third-order valence-electron chi connectivity index (χ3n) is 4.14. The number of hydrogen-bond acceptors (Lipinski definition) is 4. The molecule has 2 amide bonds. The largest absolute Gasteiger partial charge is 0.481 e. The number of benzene rings is 1. The minimum atomic E-state index is -0.951. The van der Waals surface area contributed by atoms with Crippen molar-refractivity contribution in [3.05, 3.63) is 45.1 Å². The smallest absolute Gasteiger partial charge is 0.338 e. The van der Waals surface area contributed by atoms with Crippen LogP contribution in [0.25, 0.3) is 0 Å². The standard InChI is InChI=1S/C18H20Cl2N2O5/c1-3-27-17(25)15-10(2)22(8-4-5-14(23)24)18(26)21-16(15)11-6-7-12(19)13(20)9-11/h6-7,9,16H,3-5,8H2,1-2H3,(H,21,26)(H,23,24)/t16-/m0/s1. The first-order chi connectivity index (χ1) is 12.8. The van der Waals surface area contributed by atoms with Gasteiger partial charge in [0.2, 0.25) is 0 Å². The number of nitrogens with one attached hydrogen (secondary N) is 1. The number of carbonyl (C=O) groups excluding carboxylic acids is 2. The van der Waals surface area contributed by atoms with Crippen molar-refractivity contribution in [3.8, 4) is 0 Å². The fourth-order valence-corrected chi connectivity index (χ4v) is 3.16. The van der Waals surface area contributed by atoms with Crippen LogP contribution in [0.3, 0.4) is 0 Å². The molecule has 9 heteroatoms. The van der Waals surface area contributed by atoms with Crippen LogP contribution in [-0.4, -0.2) is 41.1 Å². The molecule has 146 valence electrons. The molecule has 0 spiro atoms. The van der Waals surface area contributed by atoms with E-state index in [0.29, 0.717) is 21.3 Å². The molecule has 1 aliphatic heterocycles. The third kappa shape index (κ3) is 4.93. The molecule has 2 rings (SSSR count). The summed E-state index contributed by atoms with van der Waals surface area (Å²) in [6, 6.07) is 3.67. The van der Waals surface area contributed by atoms with Crippen LogP contribution in [0.2, 0.25) is 10.0 Å². The van der Waals surface area contributed by atoms with Gasteiger partial charge >= 0.3 is 18.0 Å². The monoisotopic (exact) mass is 414 g/mol. The van der Waals surface area contributed by atoms with E-state index in [4.69, 9.17) is 33.0 Å². The van der Waals surface area contributed by atoms with Gasteiger partial charge in [0.1, 0.15) is 0 Å². The summed E-state index contributed by atoms with van der Waals surface area (Å²) >= 11 is 12.0. The molecule has 0 saturated heterocycles. The molecule has 0 bridgehead atoms. The Morgan fingerprint density at radius 2 is 2.00 bits per heavy atom. The Morgan fingerprint density at radius 3 is 2.59 bits per heavy atom. The molecule has 0 aromatic heterocycles. The first-order valence-electron chi connectivity index (χ1n) is 8.38. The van der Waals surface area contributed by atoms with E-state index in [-0.39, 0.29) is 31.6 Å². The van der Waals surface area contributed by atoms with Crippen molar-refractivity contribution in [2.24, 2.45) is 0 Å². The number of hydrogen-bond donors (Lipinski definition) is 2. The highest BCUT2D eigenvalue weighted by atomic mass is 35.5. The lowest BCUT2D eigenvalue weighted by Crippen LogP contribution is -2.48.